The average Bonchev–Trinajstić information content (AvgIpc) is 2.86. The van der Waals surface area contributed by atoms with Gasteiger partial charge in [0, 0.05) is 6.07 Å². The number of aromatic nitrogens is 3. The second-order valence-electron chi connectivity index (χ2n) is 4.26. The van der Waals surface area contributed by atoms with E-state index in [4.69, 9.17) is 0 Å². The van der Waals surface area contributed by atoms with Gasteiger partial charge in [-0.15, -0.1) is 5.10 Å². The molecule has 1 atom stereocenters. The maximum atomic E-state index is 11.0. The Hall–Kier alpha value is -2.28. The minimum atomic E-state index is -0.711. The highest BCUT2D eigenvalue weighted by atomic mass is 16.6. The van der Waals surface area contributed by atoms with Crippen molar-refractivity contribution in [2.75, 3.05) is 0 Å². The van der Waals surface area contributed by atoms with E-state index in [1.807, 2.05) is 13.8 Å². The summed E-state index contributed by atoms with van der Waals surface area (Å²) in [6.07, 6.45) is 1.31. The second kappa shape index (κ2) is 5.15. The number of rotatable bonds is 4. The molecule has 1 heterocycles. The van der Waals surface area contributed by atoms with Crippen LogP contribution in [0.4, 0.5) is 5.69 Å². The van der Waals surface area contributed by atoms with E-state index in [1.165, 1.54) is 16.9 Å². The second-order valence-corrected chi connectivity index (χ2v) is 4.26. The van der Waals surface area contributed by atoms with Crippen LogP contribution in [0.5, 0.6) is 0 Å². The minimum absolute atomic E-state index is 0.0481. The first-order valence-corrected chi connectivity index (χ1v) is 5.88. The van der Waals surface area contributed by atoms with Gasteiger partial charge in [-0.2, -0.15) is 0 Å². The maximum Gasteiger partial charge on any atom is 0.294 e. The Labute approximate surface area is 109 Å². The third-order valence-corrected chi connectivity index (χ3v) is 2.81. The van der Waals surface area contributed by atoms with Crippen LogP contribution in [0.1, 0.15) is 30.7 Å². The third kappa shape index (κ3) is 2.60. The number of hydrogen-bond acceptors (Lipinski definition) is 5. The number of aliphatic hydroxyl groups is 1. The first-order valence-electron chi connectivity index (χ1n) is 5.88. The van der Waals surface area contributed by atoms with Gasteiger partial charge in [0.15, 0.2) is 0 Å². The van der Waals surface area contributed by atoms with Crippen molar-refractivity contribution in [2.24, 2.45) is 0 Å². The largest absolute Gasteiger partial charge is 0.387 e. The summed E-state index contributed by atoms with van der Waals surface area (Å²) in [4.78, 5) is 10.5. The predicted octanol–water partition coefficient (Wildman–Crippen LogP) is 1.93. The third-order valence-electron chi connectivity index (χ3n) is 2.81. The molecule has 1 N–H and O–H groups in total. The Balaban J connectivity index is 2.49. The Morgan fingerprint density at radius 2 is 2.26 bits per heavy atom. The summed E-state index contributed by atoms with van der Waals surface area (Å²) >= 11 is 0. The van der Waals surface area contributed by atoms with E-state index in [9.17, 15) is 15.2 Å². The van der Waals surface area contributed by atoms with Crippen LogP contribution in [0.25, 0.3) is 5.69 Å². The number of aryl methyl sites for hydroxylation is 1. The molecule has 1 aromatic heterocycles. The lowest BCUT2D eigenvalue weighted by Crippen LogP contribution is -2.01. The van der Waals surface area contributed by atoms with Gasteiger partial charge in [0.1, 0.15) is 11.4 Å². The Morgan fingerprint density at radius 1 is 1.53 bits per heavy atom. The number of aliphatic hydroxyl groups excluding tert-OH is 1. The summed E-state index contributed by atoms with van der Waals surface area (Å²) in [5.74, 6) is 0. The molecule has 0 radical (unpaired) electrons. The highest BCUT2D eigenvalue weighted by Crippen LogP contribution is 2.24. The zero-order chi connectivity index (χ0) is 14.0. The standard InChI is InChI=1S/C12H14N4O3/c1-3-12(17)9-7-15(14-13-9)11-6-8(2)4-5-10(11)16(18)19/h4-7,12,17H,3H2,1-2H3. The van der Waals surface area contributed by atoms with E-state index in [2.05, 4.69) is 10.3 Å². The highest BCUT2D eigenvalue weighted by molar-refractivity contribution is 5.53. The molecule has 0 saturated heterocycles. The van der Waals surface area contributed by atoms with Crippen molar-refractivity contribution < 1.29 is 10.0 Å². The van der Waals surface area contributed by atoms with Crippen molar-refractivity contribution in [3.63, 3.8) is 0 Å². The van der Waals surface area contributed by atoms with E-state index in [1.54, 1.807) is 12.1 Å². The summed E-state index contributed by atoms with van der Waals surface area (Å²) < 4.78 is 1.32. The first kappa shape index (κ1) is 13.2. The van der Waals surface area contributed by atoms with Crippen LogP contribution in [-0.2, 0) is 0 Å². The van der Waals surface area contributed by atoms with Gasteiger partial charge in [-0.1, -0.05) is 18.2 Å². The van der Waals surface area contributed by atoms with Gasteiger partial charge in [0.2, 0.25) is 0 Å². The van der Waals surface area contributed by atoms with Crippen LogP contribution in [0.15, 0.2) is 24.4 Å². The number of nitro benzene ring substituents is 1. The molecular weight excluding hydrogens is 248 g/mol. The fraction of sp³-hybridized carbons (Fsp3) is 0.333. The van der Waals surface area contributed by atoms with Gasteiger partial charge in [-0.3, -0.25) is 10.1 Å². The highest BCUT2D eigenvalue weighted by Gasteiger charge is 2.18. The zero-order valence-electron chi connectivity index (χ0n) is 10.6. The number of nitro groups is 1. The molecule has 1 unspecified atom stereocenters. The van der Waals surface area contributed by atoms with Crippen LogP contribution in [0.2, 0.25) is 0 Å². The molecule has 0 fully saturated rings. The van der Waals surface area contributed by atoms with E-state index >= 15 is 0 Å². The molecule has 100 valence electrons. The molecule has 0 bridgehead atoms. The van der Waals surface area contributed by atoms with Gasteiger partial charge in [0.05, 0.1) is 17.2 Å². The fourth-order valence-corrected chi connectivity index (χ4v) is 1.73. The maximum absolute atomic E-state index is 11.0. The molecule has 0 aliphatic rings. The van der Waals surface area contributed by atoms with Crippen LogP contribution in [0, 0.1) is 17.0 Å². The van der Waals surface area contributed by atoms with Crippen molar-refractivity contribution in [1.29, 1.82) is 0 Å². The van der Waals surface area contributed by atoms with E-state index in [0.717, 1.165) is 5.56 Å². The molecule has 0 aliphatic carbocycles. The molecule has 0 aliphatic heterocycles. The van der Waals surface area contributed by atoms with Crippen molar-refractivity contribution in [3.05, 3.63) is 45.8 Å². The summed E-state index contributed by atoms with van der Waals surface area (Å²) in [6, 6.07) is 4.76. The lowest BCUT2D eigenvalue weighted by Gasteiger charge is -2.03. The SMILES string of the molecule is CCC(O)c1cn(-c2cc(C)ccc2[N+](=O)[O-])nn1. The fourth-order valence-electron chi connectivity index (χ4n) is 1.73. The Bertz CT molecular complexity index is 609. The van der Waals surface area contributed by atoms with Crippen LogP contribution in [-0.4, -0.2) is 25.0 Å². The zero-order valence-corrected chi connectivity index (χ0v) is 10.6. The lowest BCUT2D eigenvalue weighted by atomic mass is 10.2. The van der Waals surface area contributed by atoms with Crippen LogP contribution >= 0.6 is 0 Å². The summed E-state index contributed by atoms with van der Waals surface area (Å²) in [6.45, 7) is 3.66. The quantitative estimate of drug-likeness (QED) is 0.671. The molecular formula is C12H14N4O3. The van der Waals surface area contributed by atoms with Gasteiger partial charge in [-0.05, 0) is 25.0 Å². The van der Waals surface area contributed by atoms with Crippen molar-refractivity contribution in [2.45, 2.75) is 26.4 Å². The molecule has 1 aromatic carbocycles. The lowest BCUT2D eigenvalue weighted by molar-refractivity contribution is -0.384. The first-order chi connectivity index (χ1) is 9.02. The van der Waals surface area contributed by atoms with Gasteiger partial charge >= 0.3 is 0 Å². The predicted molar refractivity (Wildman–Crippen MR) is 68.0 cm³/mol. The molecule has 7 heteroatoms. The van der Waals surface area contributed by atoms with Crippen molar-refractivity contribution >= 4 is 5.69 Å². The number of nitrogens with zero attached hydrogens (tertiary/aromatic N) is 4. The molecule has 0 spiro atoms. The van der Waals surface area contributed by atoms with E-state index in [0.29, 0.717) is 17.8 Å². The van der Waals surface area contributed by atoms with Gasteiger partial charge < -0.3 is 5.11 Å². The van der Waals surface area contributed by atoms with Crippen LogP contribution < -0.4 is 0 Å². The summed E-state index contributed by atoms with van der Waals surface area (Å²) in [5.41, 5.74) is 1.58. The molecule has 19 heavy (non-hydrogen) atoms. The minimum Gasteiger partial charge on any atom is -0.387 e. The molecule has 0 saturated carbocycles. The number of benzene rings is 1. The molecule has 2 rings (SSSR count). The average molecular weight is 262 g/mol. The monoisotopic (exact) mass is 262 g/mol. The Morgan fingerprint density at radius 3 is 2.89 bits per heavy atom. The summed E-state index contributed by atoms with van der Waals surface area (Å²) in [7, 11) is 0. The molecule has 7 nitrogen and oxygen atoms in total. The van der Waals surface area contributed by atoms with Crippen molar-refractivity contribution in [1.82, 2.24) is 15.0 Å². The van der Waals surface area contributed by atoms with E-state index in [-0.39, 0.29) is 5.69 Å². The number of hydrogen-bond donors (Lipinski definition) is 1. The van der Waals surface area contributed by atoms with Crippen molar-refractivity contribution in [3.8, 4) is 5.69 Å². The smallest absolute Gasteiger partial charge is 0.294 e. The van der Waals surface area contributed by atoms with E-state index < -0.39 is 11.0 Å². The van der Waals surface area contributed by atoms with Gasteiger partial charge in [-0.25, -0.2) is 4.68 Å². The molecule has 2 aromatic rings. The topological polar surface area (TPSA) is 94.1 Å². The van der Waals surface area contributed by atoms with Crippen LogP contribution in [0.3, 0.4) is 0 Å². The normalized spacial score (nSPS) is 12.4. The molecule has 0 amide bonds. The summed E-state index contributed by atoms with van der Waals surface area (Å²) in [5, 5.41) is 28.3. The Kier molecular flexibility index (Phi) is 3.57. The van der Waals surface area contributed by atoms with Gasteiger partial charge in [0.25, 0.3) is 5.69 Å².